The smallest absolute Gasteiger partial charge is 0.227 e. The molecule has 0 aliphatic carbocycles. The van der Waals surface area contributed by atoms with E-state index in [4.69, 9.17) is 4.98 Å². The largest absolute Gasteiger partial charge is 0.356 e. The topological polar surface area (TPSA) is 48.5 Å². The van der Waals surface area contributed by atoms with Gasteiger partial charge in [0.25, 0.3) is 0 Å². The number of amides is 1. The molecule has 0 spiro atoms. The van der Waals surface area contributed by atoms with Crippen molar-refractivity contribution in [3.05, 3.63) is 23.8 Å². The summed E-state index contributed by atoms with van der Waals surface area (Å²) in [5, 5.41) is 4.08. The second-order valence-electron chi connectivity index (χ2n) is 7.84. The van der Waals surface area contributed by atoms with E-state index in [1.54, 1.807) is 11.3 Å². The summed E-state index contributed by atoms with van der Waals surface area (Å²) in [4.78, 5) is 22.0. The molecule has 6 heteroatoms. The van der Waals surface area contributed by atoms with Crippen molar-refractivity contribution in [2.24, 2.45) is 0 Å². The molecule has 1 unspecified atom stereocenters. The molecule has 26 heavy (non-hydrogen) atoms. The first-order chi connectivity index (χ1) is 12.8. The first-order valence-corrected chi connectivity index (χ1v) is 10.8. The molecule has 138 valence electrons. The van der Waals surface area contributed by atoms with Crippen LogP contribution >= 0.6 is 11.3 Å². The van der Waals surface area contributed by atoms with Crippen LogP contribution in [0.5, 0.6) is 0 Å². The Hall–Kier alpha value is -1.66. The van der Waals surface area contributed by atoms with Crippen molar-refractivity contribution in [1.29, 1.82) is 0 Å². The SMILES string of the molecule is O=C1NCC[C@@H]1c1ccc2nc(N3CCC(N4CCCCC4)C3)sc2c1. The van der Waals surface area contributed by atoms with Gasteiger partial charge in [-0.3, -0.25) is 9.69 Å². The standard InChI is InChI=1S/C20H26N4OS/c25-19-16(6-8-21-19)14-4-5-17-18(12-14)26-20(22-17)24-11-7-15(13-24)23-9-2-1-3-10-23/h4-5,12,15-16H,1-3,6-11,13H2,(H,21,25)/t15?,16-/m1/s1. The average Bonchev–Trinajstić information content (AvgIpc) is 3.40. The summed E-state index contributed by atoms with van der Waals surface area (Å²) < 4.78 is 1.21. The molecule has 3 saturated heterocycles. The van der Waals surface area contributed by atoms with E-state index >= 15 is 0 Å². The van der Waals surface area contributed by atoms with Crippen LogP contribution < -0.4 is 10.2 Å². The zero-order valence-electron chi connectivity index (χ0n) is 15.1. The van der Waals surface area contributed by atoms with Gasteiger partial charge in [-0.15, -0.1) is 0 Å². The van der Waals surface area contributed by atoms with Crippen molar-refractivity contribution in [2.75, 3.05) is 37.6 Å². The third-order valence-electron chi connectivity index (χ3n) is 6.19. The molecular weight excluding hydrogens is 344 g/mol. The van der Waals surface area contributed by atoms with Gasteiger partial charge < -0.3 is 10.2 Å². The lowest BCUT2D eigenvalue weighted by Crippen LogP contribution is -2.40. The molecule has 1 aromatic heterocycles. The highest BCUT2D eigenvalue weighted by molar-refractivity contribution is 7.22. The Morgan fingerprint density at radius 1 is 1.12 bits per heavy atom. The molecule has 0 saturated carbocycles. The van der Waals surface area contributed by atoms with Crippen LogP contribution in [0.25, 0.3) is 10.2 Å². The normalized spacial score (nSPS) is 27.4. The molecule has 3 aliphatic heterocycles. The highest BCUT2D eigenvalue weighted by Crippen LogP contribution is 2.35. The maximum absolute atomic E-state index is 12.0. The lowest BCUT2D eigenvalue weighted by atomic mass is 9.98. The number of nitrogens with zero attached hydrogens (tertiary/aromatic N) is 3. The Balaban J connectivity index is 1.34. The summed E-state index contributed by atoms with van der Waals surface area (Å²) in [6.07, 6.45) is 6.26. The molecule has 5 nitrogen and oxygen atoms in total. The maximum atomic E-state index is 12.0. The first-order valence-electron chi connectivity index (χ1n) is 9.95. The Labute approximate surface area is 158 Å². The number of piperidine rings is 1. The number of rotatable bonds is 3. The van der Waals surface area contributed by atoms with Gasteiger partial charge in [0, 0.05) is 25.7 Å². The molecule has 3 aliphatic rings. The van der Waals surface area contributed by atoms with Gasteiger partial charge in [-0.2, -0.15) is 0 Å². The minimum Gasteiger partial charge on any atom is -0.356 e. The number of fused-ring (bicyclic) bond motifs is 1. The van der Waals surface area contributed by atoms with Crippen molar-refractivity contribution in [2.45, 2.75) is 44.1 Å². The molecule has 5 rings (SSSR count). The number of thiazole rings is 1. The number of likely N-dealkylation sites (tertiary alicyclic amines) is 1. The van der Waals surface area contributed by atoms with Gasteiger partial charge in [0.15, 0.2) is 5.13 Å². The highest BCUT2D eigenvalue weighted by atomic mass is 32.1. The van der Waals surface area contributed by atoms with Crippen molar-refractivity contribution < 1.29 is 4.79 Å². The summed E-state index contributed by atoms with van der Waals surface area (Å²) in [5.41, 5.74) is 2.20. The van der Waals surface area contributed by atoms with Crippen molar-refractivity contribution in [3.63, 3.8) is 0 Å². The lowest BCUT2D eigenvalue weighted by Gasteiger charge is -2.32. The minimum absolute atomic E-state index is 0.0141. The van der Waals surface area contributed by atoms with E-state index in [1.165, 1.54) is 43.5 Å². The van der Waals surface area contributed by atoms with E-state index in [9.17, 15) is 4.79 Å². The van der Waals surface area contributed by atoms with Crippen LogP contribution in [0.4, 0.5) is 5.13 Å². The number of aromatic nitrogens is 1. The fraction of sp³-hybridized carbons (Fsp3) is 0.600. The summed E-state index contributed by atoms with van der Waals surface area (Å²) in [6.45, 7) is 5.55. The highest BCUT2D eigenvalue weighted by Gasteiger charge is 2.30. The monoisotopic (exact) mass is 370 g/mol. The van der Waals surface area contributed by atoms with Crippen molar-refractivity contribution >= 4 is 32.6 Å². The summed E-state index contributed by atoms with van der Waals surface area (Å²) >= 11 is 1.78. The van der Waals surface area contributed by atoms with Gasteiger partial charge in [0.1, 0.15) is 0 Å². The number of nitrogens with one attached hydrogen (secondary N) is 1. The van der Waals surface area contributed by atoms with Crippen LogP contribution in [0.2, 0.25) is 0 Å². The predicted octanol–water partition coefficient (Wildman–Crippen LogP) is 2.96. The number of anilines is 1. The van der Waals surface area contributed by atoms with Gasteiger partial charge in [0.2, 0.25) is 5.91 Å². The number of hydrogen-bond acceptors (Lipinski definition) is 5. The molecular formula is C20H26N4OS. The van der Waals surface area contributed by atoms with Crippen molar-refractivity contribution in [1.82, 2.24) is 15.2 Å². The van der Waals surface area contributed by atoms with Crippen LogP contribution in [0.3, 0.4) is 0 Å². The second kappa shape index (κ2) is 6.82. The fourth-order valence-electron chi connectivity index (χ4n) is 4.69. The number of hydrogen-bond donors (Lipinski definition) is 1. The quantitative estimate of drug-likeness (QED) is 0.902. The third kappa shape index (κ3) is 2.99. The van der Waals surface area contributed by atoms with Gasteiger partial charge in [-0.25, -0.2) is 4.98 Å². The summed E-state index contributed by atoms with van der Waals surface area (Å²) in [5.74, 6) is 0.179. The minimum atomic E-state index is 0.0141. The van der Waals surface area contributed by atoms with Crippen molar-refractivity contribution in [3.8, 4) is 0 Å². The molecule has 4 heterocycles. The van der Waals surface area contributed by atoms with E-state index in [2.05, 4.69) is 33.3 Å². The maximum Gasteiger partial charge on any atom is 0.227 e. The lowest BCUT2D eigenvalue weighted by molar-refractivity contribution is -0.120. The molecule has 0 radical (unpaired) electrons. The Kier molecular flexibility index (Phi) is 4.33. The number of carbonyl (C=O) groups excluding carboxylic acids is 1. The summed E-state index contributed by atoms with van der Waals surface area (Å²) in [7, 11) is 0. The molecule has 1 amide bonds. The Morgan fingerprint density at radius 2 is 2.00 bits per heavy atom. The van der Waals surface area contributed by atoms with E-state index < -0.39 is 0 Å². The Morgan fingerprint density at radius 3 is 2.81 bits per heavy atom. The molecule has 3 fully saturated rings. The second-order valence-corrected chi connectivity index (χ2v) is 8.85. The van der Waals surface area contributed by atoms with Gasteiger partial charge in [-0.05, 0) is 56.5 Å². The first kappa shape index (κ1) is 16.5. The summed E-state index contributed by atoms with van der Waals surface area (Å²) in [6, 6.07) is 7.06. The van der Waals surface area contributed by atoms with Crippen LogP contribution in [0.1, 0.15) is 43.6 Å². The molecule has 0 bridgehead atoms. The Bertz CT molecular complexity index is 813. The van der Waals surface area contributed by atoms with Crippen LogP contribution in [-0.4, -0.2) is 54.6 Å². The van der Waals surface area contributed by atoms with E-state index in [-0.39, 0.29) is 11.8 Å². The zero-order valence-corrected chi connectivity index (χ0v) is 15.9. The van der Waals surface area contributed by atoms with Crippen LogP contribution in [0.15, 0.2) is 18.2 Å². The fourth-order valence-corrected chi connectivity index (χ4v) is 5.74. The molecule has 1 aromatic carbocycles. The third-order valence-corrected chi connectivity index (χ3v) is 7.27. The van der Waals surface area contributed by atoms with Gasteiger partial charge in [-0.1, -0.05) is 23.8 Å². The van der Waals surface area contributed by atoms with E-state index in [1.807, 2.05) is 0 Å². The van der Waals surface area contributed by atoms with E-state index in [0.29, 0.717) is 6.04 Å². The number of carbonyl (C=O) groups is 1. The molecule has 2 aromatic rings. The van der Waals surface area contributed by atoms with Crippen LogP contribution in [0, 0.1) is 0 Å². The number of benzene rings is 1. The van der Waals surface area contributed by atoms with Gasteiger partial charge >= 0.3 is 0 Å². The molecule has 2 atom stereocenters. The van der Waals surface area contributed by atoms with Crippen LogP contribution in [-0.2, 0) is 4.79 Å². The molecule has 1 N–H and O–H groups in total. The zero-order chi connectivity index (χ0) is 17.5. The predicted molar refractivity (Wildman–Crippen MR) is 106 cm³/mol. The van der Waals surface area contributed by atoms with Gasteiger partial charge in [0.05, 0.1) is 16.1 Å². The van der Waals surface area contributed by atoms with E-state index in [0.717, 1.165) is 42.3 Å². The average molecular weight is 371 g/mol.